The molecule has 7 heteroatoms. The van der Waals surface area contributed by atoms with Crippen LogP contribution in [-0.4, -0.2) is 39.9 Å². The Morgan fingerprint density at radius 3 is 2.44 bits per heavy atom. The summed E-state index contributed by atoms with van der Waals surface area (Å²) in [5, 5.41) is 8.95. The van der Waals surface area contributed by atoms with Gasteiger partial charge >= 0.3 is 5.97 Å². The molecule has 0 aliphatic carbocycles. The number of rotatable bonds is 6. The zero-order valence-corrected chi connectivity index (χ0v) is 16.2. The Kier molecular flexibility index (Phi) is 5.93. The van der Waals surface area contributed by atoms with E-state index < -0.39 is 5.97 Å². The Balaban J connectivity index is 1.67. The first-order valence-electron chi connectivity index (χ1n) is 8.19. The van der Waals surface area contributed by atoms with Crippen molar-refractivity contribution < 1.29 is 19.4 Å². The van der Waals surface area contributed by atoms with Gasteiger partial charge in [-0.1, -0.05) is 48.2 Å². The number of methoxy groups -OCH3 is 1. The van der Waals surface area contributed by atoms with Gasteiger partial charge < -0.3 is 9.84 Å². The molecule has 2 aromatic carbocycles. The molecule has 1 saturated heterocycles. The molecule has 1 amide bonds. The largest absolute Gasteiger partial charge is 0.497 e. The van der Waals surface area contributed by atoms with Gasteiger partial charge in [-0.05, 0) is 47.9 Å². The summed E-state index contributed by atoms with van der Waals surface area (Å²) in [4.78, 5) is 25.7. The smallest absolute Gasteiger partial charge is 0.335 e. The Labute approximate surface area is 166 Å². The molecule has 1 heterocycles. The number of carbonyl (C=O) groups excluding carboxylic acids is 1. The number of thiocarbonyl (C=S) groups is 1. The summed E-state index contributed by atoms with van der Waals surface area (Å²) >= 11 is 6.61. The van der Waals surface area contributed by atoms with E-state index in [1.807, 2.05) is 24.3 Å². The van der Waals surface area contributed by atoms with Gasteiger partial charge in [-0.3, -0.25) is 9.69 Å². The topological polar surface area (TPSA) is 66.8 Å². The molecule has 138 valence electrons. The van der Waals surface area contributed by atoms with Gasteiger partial charge in [-0.2, -0.15) is 0 Å². The Bertz CT molecular complexity index is 905. The van der Waals surface area contributed by atoms with Crippen LogP contribution in [0.1, 0.15) is 21.5 Å². The molecule has 1 N–H and O–H groups in total. The van der Waals surface area contributed by atoms with Crippen molar-refractivity contribution in [3.8, 4) is 5.75 Å². The fourth-order valence-electron chi connectivity index (χ4n) is 2.60. The molecule has 0 spiro atoms. The lowest BCUT2D eigenvalue weighted by atomic mass is 10.1. The van der Waals surface area contributed by atoms with Gasteiger partial charge in [-0.25, -0.2) is 4.79 Å². The number of carbonyl (C=O) groups is 2. The molecule has 0 saturated carbocycles. The molecular formula is C20H17NO4S2. The van der Waals surface area contributed by atoms with Gasteiger partial charge in [-0.15, -0.1) is 0 Å². The van der Waals surface area contributed by atoms with Crippen molar-refractivity contribution in [3.63, 3.8) is 0 Å². The normalized spacial score (nSPS) is 15.4. The van der Waals surface area contributed by atoms with Crippen molar-refractivity contribution in [1.82, 2.24) is 4.90 Å². The Morgan fingerprint density at radius 1 is 1.19 bits per heavy atom. The Hall–Kier alpha value is -2.64. The summed E-state index contributed by atoms with van der Waals surface area (Å²) in [6.45, 7) is 0.506. The fraction of sp³-hybridized carbons (Fsp3) is 0.150. The van der Waals surface area contributed by atoms with E-state index in [9.17, 15) is 9.59 Å². The van der Waals surface area contributed by atoms with Crippen LogP contribution in [0.25, 0.3) is 6.08 Å². The summed E-state index contributed by atoms with van der Waals surface area (Å²) in [7, 11) is 1.62. The van der Waals surface area contributed by atoms with E-state index >= 15 is 0 Å². The maximum absolute atomic E-state index is 12.7. The first-order chi connectivity index (χ1) is 13.0. The maximum Gasteiger partial charge on any atom is 0.335 e. The molecule has 2 aromatic rings. The van der Waals surface area contributed by atoms with Crippen LogP contribution in [0.5, 0.6) is 5.75 Å². The predicted octanol–water partition coefficient (Wildman–Crippen LogP) is 3.84. The summed E-state index contributed by atoms with van der Waals surface area (Å²) in [5.74, 6) is -0.312. The monoisotopic (exact) mass is 399 g/mol. The molecule has 27 heavy (non-hydrogen) atoms. The van der Waals surface area contributed by atoms with E-state index in [1.165, 1.54) is 23.9 Å². The van der Waals surface area contributed by atoms with Crippen LogP contribution in [0.4, 0.5) is 0 Å². The molecule has 3 rings (SSSR count). The number of ether oxygens (including phenoxy) is 1. The minimum atomic E-state index is -0.980. The molecule has 5 nitrogen and oxygen atoms in total. The van der Waals surface area contributed by atoms with Crippen molar-refractivity contribution in [2.24, 2.45) is 0 Å². The Morgan fingerprint density at radius 2 is 1.85 bits per heavy atom. The zero-order valence-electron chi connectivity index (χ0n) is 14.5. The third-order valence-electron chi connectivity index (χ3n) is 4.11. The molecular weight excluding hydrogens is 382 g/mol. The van der Waals surface area contributed by atoms with Crippen molar-refractivity contribution in [1.29, 1.82) is 0 Å². The van der Waals surface area contributed by atoms with E-state index in [4.69, 9.17) is 22.1 Å². The number of benzene rings is 2. The molecule has 1 aliphatic heterocycles. The maximum atomic E-state index is 12.7. The van der Waals surface area contributed by atoms with Crippen LogP contribution < -0.4 is 4.74 Å². The lowest BCUT2D eigenvalue weighted by Crippen LogP contribution is -2.30. The molecule has 1 aliphatic rings. The van der Waals surface area contributed by atoms with Crippen LogP contribution in [0, 0.1) is 0 Å². The van der Waals surface area contributed by atoms with Gasteiger partial charge in [0.2, 0.25) is 0 Å². The summed E-state index contributed by atoms with van der Waals surface area (Å²) in [5.41, 5.74) is 2.06. The first-order valence-corrected chi connectivity index (χ1v) is 9.42. The third-order valence-corrected chi connectivity index (χ3v) is 5.49. The minimum Gasteiger partial charge on any atom is -0.497 e. The number of hydrogen-bond donors (Lipinski definition) is 1. The number of carboxylic acid groups (broad SMARTS) is 1. The lowest BCUT2D eigenvalue weighted by Gasteiger charge is -2.14. The highest BCUT2D eigenvalue weighted by molar-refractivity contribution is 8.26. The number of hydrogen-bond acceptors (Lipinski definition) is 5. The van der Waals surface area contributed by atoms with Gasteiger partial charge in [0.1, 0.15) is 10.1 Å². The number of thioether (sulfide) groups is 1. The number of carboxylic acids is 1. The molecule has 1 fully saturated rings. The number of aromatic carboxylic acids is 1. The average molecular weight is 399 g/mol. The van der Waals surface area contributed by atoms with Crippen molar-refractivity contribution in [2.75, 3.05) is 13.7 Å². The van der Waals surface area contributed by atoms with Crippen LogP contribution in [0.3, 0.4) is 0 Å². The van der Waals surface area contributed by atoms with Crippen molar-refractivity contribution in [2.45, 2.75) is 6.42 Å². The SMILES string of the molecule is COc1ccc(CCN2C(=O)C(=Cc3ccc(C(=O)O)cc3)SC2=S)cc1. The molecule has 0 atom stereocenters. The molecule has 0 aromatic heterocycles. The van der Waals surface area contributed by atoms with E-state index in [0.717, 1.165) is 16.9 Å². The van der Waals surface area contributed by atoms with Crippen LogP contribution >= 0.6 is 24.0 Å². The second kappa shape index (κ2) is 8.37. The molecule has 0 bridgehead atoms. The number of amides is 1. The van der Waals surface area contributed by atoms with Crippen molar-refractivity contribution >= 4 is 46.3 Å². The van der Waals surface area contributed by atoms with E-state index in [2.05, 4.69) is 0 Å². The summed E-state index contributed by atoms with van der Waals surface area (Å²) in [6, 6.07) is 14.1. The predicted molar refractivity (Wildman–Crippen MR) is 110 cm³/mol. The fourth-order valence-corrected chi connectivity index (χ4v) is 3.91. The lowest BCUT2D eigenvalue weighted by molar-refractivity contribution is -0.122. The van der Waals surface area contributed by atoms with Gasteiger partial charge in [0, 0.05) is 6.54 Å². The quantitative estimate of drug-likeness (QED) is 0.588. The number of nitrogens with zero attached hydrogens (tertiary/aromatic N) is 1. The zero-order chi connectivity index (χ0) is 19.4. The standard InChI is InChI=1S/C20H17NO4S2/c1-25-16-8-4-13(5-9-16)10-11-21-18(22)17(27-20(21)26)12-14-2-6-15(7-3-14)19(23)24/h2-9,12H,10-11H2,1H3,(H,23,24). The van der Waals surface area contributed by atoms with E-state index in [1.54, 1.807) is 30.2 Å². The highest BCUT2D eigenvalue weighted by atomic mass is 32.2. The van der Waals surface area contributed by atoms with Gasteiger partial charge in [0.25, 0.3) is 5.91 Å². The highest BCUT2D eigenvalue weighted by Crippen LogP contribution is 2.32. The van der Waals surface area contributed by atoms with E-state index in [-0.39, 0.29) is 11.5 Å². The second-order valence-corrected chi connectivity index (χ2v) is 7.53. The minimum absolute atomic E-state index is 0.124. The molecule has 0 unspecified atom stereocenters. The highest BCUT2D eigenvalue weighted by Gasteiger charge is 2.31. The van der Waals surface area contributed by atoms with Gasteiger partial charge in [0.05, 0.1) is 17.6 Å². The third kappa shape index (κ3) is 4.56. The van der Waals surface area contributed by atoms with Crippen LogP contribution in [0.15, 0.2) is 53.4 Å². The van der Waals surface area contributed by atoms with Gasteiger partial charge in [0.15, 0.2) is 0 Å². The summed E-state index contributed by atoms with van der Waals surface area (Å²) < 4.78 is 5.67. The van der Waals surface area contributed by atoms with Crippen molar-refractivity contribution in [3.05, 3.63) is 70.1 Å². The first kappa shape index (κ1) is 19.1. The van der Waals surface area contributed by atoms with E-state index in [0.29, 0.717) is 22.2 Å². The van der Waals surface area contributed by atoms with Crippen LogP contribution in [-0.2, 0) is 11.2 Å². The molecule has 0 radical (unpaired) electrons. The summed E-state index contributed by atoms with van der Waals surface area (Å²) in [6.07, 6.45) is 2.43. The van der Waals surface area contributed by atoms with Crippen LogP contribution in [0.2, 0.25) is 0 Å². The second-order valence-electron chi connectivity index (χ2n) is 5.86. The average Bonchev–Trinajstić information content (AvgIpc) is 2.94.